The summed E-state index contributed by atoms with van der Waals surface area (Å²) in [6.07, 6.45) is 2.31. The molecule has 0 bridgehead atoms. The molecule has 0 unspecified atom stereocenters. The van der Waals surface area contributed by atoms with E-state index in [-0.39, 0.29) is 0 Å². The predicted octanol–water partition coefficient (Wildman–Crippen LogP) is 4.25. The van der Waals surface area contributed by atoms with Gasteiger partial charge in [0.15, 0.2) is 5.96 Å². The van der Waals surface area contributed by atoms with Crippen molar-refractivity contribution in [2.45, 2.75) is 46.7 Å². The van der Waals surface area contributed by atoms with Gasteiger partial charge in [-0.15, -0.1) is 0 Å². The first-order valence-electron chi connectivity index (χ1n) is 10.8. The van der Waals surface area contributed by atoms with E-state index in [4.69, 9.17) is 21.0 Å². The van der Waals surface area contributed by atoms with Gasteiger partial charge in [0.25, 0.3) is 0 Å². The molecular formula is C23H34ClN5O. The Kier molecular flexibility index (Phi) is 8.16. The monoisotopic (exact) mass is 431 g/mol. The summed E-state index contributed by atoms with van der Waals surface area (Å²) in [5.41, 5.74) is 2.21. The van der Waals surface area contributed by atoms with Crippen LogP contribution in [0.1, 0.15) is 42.7 Å². The SMILES string of the molecule is CCNC(=NCC1CCN(Cc2nc(C)c(C)o2)CC1)N(C)Cc1ccc(Cl)cc1. The van der Waals surface area contributed by atoms with Gasteiger partial charge >= 0.3 is 0 Å². The average molecular weight is 432 g/mol. The van der Waals surface area contributed by atoms with Crippen LogP contribution in [0.4, 0.5) is 0 Å². The van der Waals surface area contributed by atoms with E-state index in [0.29, 0.717) is 5.92 Å². The highest BCUT2D eigenvalue weighted by Gasteiger charge is 2.21. The second-order valence-corrected chi connectivity index (χ2v) is 8.58. The summed E-state index contributed by atoms with van der Waals surface area (Å²) in [5.74, 6) is 3.33. The van der Waals surface area contributed by atoms with E-state index in [1.54, 1.807) is 0 Å². The summed E-state index contributed by atoms with van der Waals surface area (Å²) in [5, 5.41) is 4.19. The Bertz CT molecular complexity index is 805. The molecule has 1 aromatic carbocycles. The molecule has 30 heavy (non-hydrogen) atoms. The molecule has 6 nitrogen and oxygen atoms in total. The molecule has 0 amide bonds. The molecule has 2 heterocycles. The average Bonchev–Trinajstić information content (AvgIpc) is 3.04. The van der Waals surface area contributed by atoms with Crippen LogP contribution in [0, 0.1) is 19.8 Å². The molecular weight excluding hydrogens is 398 g/mol. The predicted molar refractivity (Wildman–Crippen MR) is 123 cm³/mol. The number of aryl methyl sites for hydroxylation is 2. The summed E-state index contributed by atoms with van der Waals surface area (Å²) >= 11 is 6.00. The Morgan fingerprint density at radius 1 is 1.27 bits per heavy atom. The van der Waals surface area contributed by atoms with E-state index in [1.165, 1.54) is 5.56 Å². The minimum atomic E-state index is 0.617. The molecule has 1 aliphatic rings. The smallest absolute Gasteiger partial charge is 0.208 e. The highest BCUT2D eigenvalue weighted by molar-refractivity contribution is 6.30. The normalized spacial score (nSPS) is 16.1. The van der Waals surface area contributed by atoms with E-state index >= 15 is 0 Å². The van der Waals surface area contributed by atoms with Crippen LogP contribution in [0.2, 0.25) is 5.02 Å². The zero-order valence-electron chi connectivity index (χ0n) is 18.6. The number of aliphatic imine (C=N–C) groups is 1. The van der Waals surface area contributed by atoms with Crippen LogP contribution in [0.3, 0.4) is 0 Å². The van der Waals surface area contributed by atoms with Crippen molar-refractivity contribution in [2.24, 2.45) is 10.9 Å². The van der Waals surface area contributed by atoms with Gasteiger partial charge in [-0.3, -0.25) is 9.89 Å². The maximum absolute atomic E-state index is 6.00. The number of halogens is 1. The lowest BCUT2D eigenvalue weighted by atomic mass is 9.97. The van der Waals surface area contributed by atoms with Crippen molar-refractivity contribution in [2.75, 3.05) is 33.2 Å². The third-order valence-corrected chi connectivity index (χ3v) is 5.92. The van der Waals surface area contributed by atoms with Gasteiger partial charge in [0, 0.05) is 31.7 Å². The molecule has 3 rings (SSSR count). The van der Waals surface area contributed by atoms with Gasteiger partial charge in [-0.05, 0) is 70.3 Å². The number of oxazole rings is 1. The fourth-order valence-corrected chi connectivity index (χ4v) is 3.88. The third kappa shape index (κ3) is 6.47. The summed E-state index contributed by atoms with van der Waals surface area (Å²) in [4.78, 5) is 14.1. The molecule has 7 heteroatoms. The topological polar surface area (TPSA) is 56.9 Å². The number of piperidine rings is 1. The number of benzene rings is 1. The fourth-order valence-electron chi connectivity index (χ4n) is 3.75. The van der Waals surface area contributed by atoms with Gasteiger partial charge in [0.2, 0.25) is 5.89 Å². The van der Waals surface area contributed by atoms with Gasteiger partial charge in [-0.25, -0.2) is 4.98 Å². The van der Waals surface area contributed by atoms with Crippen LogP contribution in [-0.2, 0) is 13.1 Å². The van der Waals surface area contributed by atoms with Crippen LogP contribution in [0.25, 0.3) is 0 Å². The number of guanidine groups is 1. The molecule has 1 fully saturated rings. The summed E-state index contributed by atoms with van der Waals surface area (Å²) in [6.45, 7) is 11.5. The molecule has 1 aromatic heterocycles. The molecule has 0 spiro atoms. The van der Waals surface area contributed by atoms with Crippen molar-refractivity contribution in [3.63, 3.8) is 0 Å². The van der Waals surface area contributed by atoms with E-state index in [2.05, 4.69) is 46.2 Å². The number of hydrogen-bond donors (Lipinski definition) is 1. The van der Waals surface area contributed by atoms with Crippen LogP contribution in [0.15, 0.2) is 33.7 Å². The first-order valence-corrected chi connectivity index (χ1v) is 11.2. The molecule has 0 aliphatic carbocycles. The lowest BCUT2D eigenvalue weighted by Gasteiger charge is -2.30. The van der Waals surface area contributed by atoms with Gasteiger partial charge in [-0.1, -0.05) is 23.7 Å². The third-order valence-electron chi connectivity index (χ3n) is 5.67. The maximum atomic E-state index is 6.00. The molecule has 1 N–H and O–H groups in total. The van der Waals surface area contributed by atoms with Crippen molar-refractivity contribution < 1.29 is 4.42 Å². The van der Waals surface area contributed by atoms with E-state index in [1.807, 2.05) is 26.0 Å². The lowest BCUT2D eigenvalue weighted by molar-refractivity contribution is 0.166. The van der Waals surface area contributed by atoms with Crippen molar-refractivity contribution >= 4 is 17.6 Å². The number of likely N-dealkylation sites (tertiary alicyclic amines) is 1. The Labute approximate surface area is 185 Å². The van der Waals surface area contributed by atoms with E-state index in [0.717, 1.165) is 80.4 Å². The van der Waals surface area contributed by atoms with Gasteiger partial charge in [0.05, 0.1) is 12.2 Å². The zero-order valence-corrected chi connectivity index (χ0v) is 19.4. The standard InChI is InChI=1S/C23H34ClN5O/c1-5-25-23(28(4)15-20-6-8-21(24)9-7-20)26-14-19-10-12-29(13-11-19)16-22-27-17(2)18(3)30-22/h6-9,19H,5,10-16H2,1-4H3,(H,25,26). The first kappa shape index (κ1) is 22.6. The quantitative estimate of drug-likeness (QED) is 0.524. The number of nitrogens with one attached hydrogen (secondary N) is 1. The number of nitrogens with zero attached hydrogens (tertiary/aromatic N) is 4. The van der Waals surface area contributed by atoms with Crippen molar-refractivity contribution in [1.29, 1.82) is 0 Å². The van der Waals surface area contributed by atoms with Crippen molar-refractivity contribution in [1.82, 2.24) is 20.1 Å². The maximum Gasteiger partial charge on any atom is 0.208 e. The van der Waals surface area contributed by atoms with Crippen LogP contribution in [0.5, 0.6) is 0 Å². The molecule has 164 valence electrons. The minimum absolute atomic E-state index is 0.617. The van der Waals surface area contributed by atoms with Crippen molar-refractivity contribution in [3.05, 3.63) is 52.2 Å². The second kappa shape index (κ2) is 10.8. The van der Waals surface area contributed by atoms with Gasteiger partial charge in [-0.2, -0.15) is 0 Å². The number of hydrogen-bond acceptors (Lipinski definition) is 4. The zero-order chi connectivity index (χ0) is 21.5. The lowest BCUT2D eigenvalue weighted by Crippen LogP contribution is -2.39. The van der Waals surface area contributed by atoms with Crippen LogP contribution in [-0.4, -0.2) is 54.0 Å². The Morgan fingerprint density at radius 2 is 1.97 bits per heavy atom. The fraction of sp³-hybridized carbons (Fsp3) is 0.565. The highest BCUT2D eigenvalue weighted by atomic mass is 35.5. The van der Waals surface area contributed by atoms with E-state index in [9.17, 15) is 0 Å². The van der Waals surface area contributed by atoms with E-state index < -0.39 is 0 Å². The Balaban J connectivity index is 1.49. The summed E-state index contributed by atoms with van der Waals surface area (Å²) in [6, 6.07) is 8.00. The van der Waals surface area contributed by atoms with Gasteiger partial charge in [0.1, 0.15) is 5.76 Å². The minimum Gasteiger partial charge on any atom is -0.444 e. The molecule has 1 aliphatic heterocycles. The summed E-state index contributed by atoms with van der Waals surface area (Å²) in [7, 11) is 2.08. The van der Waals surface area contributed by atoms with Crippen molar-refractivity contribution in [3.8, 4) is 0 Å². The number of aromatic nitrogens is 1. The molecule has 1 saturated heterocycles. The van der Waals surface area contributed by atoms with Crippen LogP contribution >= 0.6 is 11.6 Å². The van der Waals surface area contributed by atoms with Crippen LogP contribution < -0.4 is 5.32 Å². The molecule has 0 radical (unpaired) electrons. The first-order chi connectivity index (χ1) is 14.4. The number of rotatable bonds is 7. The molecule has 0 atom stereocenters. The highest BCUT2D eigenvalue weighted by Crippen LogP contribution is 2.20. The van der Waals surface area contributed by atoms with Gasteiger partial charge < -0.3 is 14.6 Å². The Morgan fingerprint density at radius 3 is 2.57 bits per heavy atom. The molecule has 2 aromatic rings. The Hall–Kier alpha value is -2.05. The second-order valence-electron chi connectivity index (χ2n) is 8.15. The largest absolute Gasteiger partial charge is 0.444 e. The summed E-state index contributed by atoms with van der Waals surface area (Å²) < 4.78 is 5.74. The molecule has 0 saturated carbocycles.